The molecule has 1 fully saturated rings. The van der Waals surface area contributed by atoms with Crippen molar-refractivity contribution < 1.29 is 14.3 Å². The minimum Gasteiger partial charge on any atom is -0.497 e. The van der Waals surface area contributed by atoms with Crippen molar-refractivity contribution in [2.45, 2.75) is 0 Å². The molecule has 2 rings (SSSR count). The lowest BCUT2D eigenvalue weighted by Crippen LogP contribution is -2.31. The van der Waals surface area contributed by atoms with Gasteiger partial charge < -0.3 is 4.74 Å². The molecule has 1 aromatic rings. The first-order chi connectivity index (χ1) is 10.4. The summed E-state index contributed by atoms with van der Waals surface area (Å²) >= 11 is 14.2. The average Bonchev–Trinajstić information content (AvgIpc) is 2.71. The molecule has 1 saturated heterocycles. The standard InChI is InChI=1S/C13H10BrCl2N3O3/c1-18-11(17-9(14)10(15)16)12(20)19(13(18)21)7-4-3-5-8(6-7)22-2/h3-6H,1-2H3/b17-11+. The number of hydrogen-bond acceptors (Lipinski definition) is 4. The van der Waals surface area contributed by atoms with Crippen molar-refractivity contribution in [2.24, 2.45) is 4.99 Å². The minimum absolute atomic E-state index is 0.0614. The summed E-state index contributed by atoms with van der Waals surface area (Å²) in [6.45, 7) is 0. The highest BCUT2D eigenvalue weighted by atomic mass is 79.9. The van der Waals surface area contributed by atoms with Crippen molar-refractivity contribution in [1.82, 2.24) is 4.90 Å². The molecule has 3 amide bonds. The number of nitrogens with zero attached hydrogens (tertiary/aromatic N) is 3. The highest BCUT2D eigenvalue weighted by molar-refractivity contribution is 9.11. The molecule has 1 aliphatic heterocycles. The number of carbonyl (C=O) groups excluding carboxylic acids is 2. The zero-order valence-electron chi connectivity index (χ0n) is 11.5. The number of benzene rings is 1. The number of amidine groups is 1. The second kappa shape index (κ2) is 6.68. The van der Waals surface area contributed by atoms with Crippen molar-refractivity contribution in [3.05, 3.63) is 33.4 Å². The summed E-state index contributed by atoms with van der Waals surface area (Å²) < 4.78 is 5.00. The maximum Gasteiger partial charge on any atom is 0.337 e. The van der Waals surface area contributed by atoms with Gasteiger partial charge in [-0.1, -0.05) is 29.3 Å². The molecule has 1 aliphatic rings. The second-order valence-electron chi connectivity index (χ2n) is 4.17. The van der Waals surface area contributed by atoms with Gasteiger partial charge in [-0.15, -0.1) is 0 Å². The van der Waals surface area contributed by atoms with Crippen LogP contribution in [-0.2, 0) is 4.79 Å². The van der Waals surface area contributed by atoms with Gasteiger partial charge in [0.1, 0.15) is 14.8 Å². The van der Waals surface area contributed by atoms with E-state index in [9.17, 15) is 9.59 Å². The van der Waals surface area contributed by atoms with Gasteiger partial charge in [0.05, 0.1) is 12.8 Å². The molecule has 116 valence electrons. The van der Waals surface area contributed by atoms with Crippen LogP contribution in [0.2, 0.25) is 0 Å². The summed E-state index contributed by atoms with van der Waals surface area (Å²) in [7, 11) is 2.93. The Hall–Kier alpha value is -1.57. The van der Waals surface area contributed by atoms with Crippen LogP contribution in [0.5, 0.6) is 5.75 Å². The van der Waals surface area contributed by atoms with E-state index in [1.807, 2.05) is 0 Å². The van der Waals surface area contributed by atoms with Gasteiger partial charge in [0.2, 0.25) is 5.84 Å². The van der Waals surface area contributed by atoms with Crippen LogP contribution in [0.15, 0.2) is 38.4 Å². The largest absolute Gasteiger partial charge is 0.497 e. The summed E-state index contributed by atoms with van der Waals surface area (Å²) in [5.41, 5.74) is 0.378. The molecule has 0 bridgehead atoms. The maximum atomic E-state index is 12.4. The van der Waals surface area contributed by atoms with Gasteiger partial charge >= 0.3 is 11.9 Å². The number of halogens is 3. The van der Waals surface area contributed by atoms with Gasteiger partial charge in [0, 0.05) is 13.1 Å². The van der Waals surface area contributed by atoms with Crippen LogP contribution in [0.1, 0.15) is 0 Å². The Kier molecular flexibility index (Phi) is 5.10. The van der Waals surface area contributed by atoms with Gasteiger partial charge in [-0.3, -0.25) is 9.69 Å². The third kappa shape index (κ3) is 3.11. The topological polar surface area (TPSA) is 62.2 Å². The van der Waals surface area contributed by atoms with E-state index in [4.69, 9.17) is 27.9 Å². The van der Waals surface area contributed by atoms with E-state index in [1.54, 1.807) is 24.3 Å². The number of ether oxygens (including phenoxy) is 1. The number of methoxy groups -OCH3 is 1. The molecule has 0 aromatic heterocycles. The van der Waals surface area contributed by atoms with Gasteiger partial charge in [-0.25, -0.2) is 14.7 Å². The highest BCUT2D eigenvalue weighted by Gasteiger charge is 2.41. The van der Waals surface area contributed by atoms with Crippen LogP contribution in [0, 0.1) is 0 Å². The van der Waals surface area contributed by atoms with Crippen LogP contribution >= 0.6 is 39.1 Å². The lowest BCUT2D eigenvalue weighted by Gasteiger charge is -2.13. The van der Waals surface area contributed by atoms with Crippen molar-refractivity contribution in [3.63, 3.8) is 0 Å². The van der Waals surface area contributed by atoms with Crippen molar-refractivity contribution in [3.8, 4) is 5.75 Å². The molecule has 22 heavy (non-hydrogen) atoms. The second-order valence-corrected chi connectivity index (χ2v) is 5.87. The Bertz CT molecular complexity index is 702. The third-order valence-electron chi connectivity index (χ3n) is 2.86. The fraction of sp³-hybridized carbons (Fsp3) is 0.154. The van der Waals surface area contributed by atoms with E-state index in [0.29, 0.717) is 11.4 Å². The summed E-state index contributed by atoms with van der Waals surface area (Å²) in [5.74, 6) is -0.165. The van der Waals surface area contributed by atoms with Gasteiger partial charge in [-0.05, 0) is 28.1 Å². The molecular formula is C13H10BrCl2N3O3. The molecule has 1 heterocycles. The molecule has 0 spiro atoms. The van der Waals surface area contributed by atoms with Gasteiger partial charge in [-0.2, -0.15) is 0 Å². The van der Waals surface area contributed by atoms with Crippen molar-refractivity contribution in [1.29, 1.82) is 0 Å². The highest BCUT2D eigenvalue weighted by Crippen LogP contribution is 2.27. The lowest BCUT2D eigenvalue weighted by atomic mass is 10.3. The Morgan fingerprint density at radius 2 is 2.00 bits per heavy atom. The molecule has 6 nitrogen and oxygen atoms in total. The minimum atomic E-state index is -0.590. The molecular weight excluding hydrogens is 397 g/mol. The molecule has 9 heteroatoms. The van der Waals surface area contributed by atoms with Gasteiger partial charge in [0.15, 0.2) is 0 Å². The number of hydrogen-bond donors (Lipinski definition) is 0. The summed E-state index contributed by atoms with van der Waals surface area (Å²) in [5, 5.41) is 0. The first-order valence-electron chi connectivity index (χ1n) is 5.92. The van der Waals surface area contributed by atoms with Crippen LogP contribution in [0.4, 0.5) is 10.5 Å². The number of amides is 3. The zero-order valence-corrected chi connectivity index (χ0v) is 14.6. The summed E-state index contributed by atoms with van der Waals surface area (Å²) in [6.07, 6.45) is 0. The number of aliphatic imine (C=N–C) groups is 1. The monoisotopic (exact) mass is 405 g/mol. The van der Waals surface area contributed by atoms with E-state index >= 15 is 0 Å². The van der Waals surface area contributed by atoms with E-state index < -0.39 is 11.9 Å². The lowest BCUT2D eigenvalue weighted by molar-refractivity contribution is -0.111. The van der Waals surface area contributed by atoms with E-state index in [1.165, 1.54) is 14.2 Å². The molecule has 0 saturated carbocycles. The Labute approximate surface area is 145 Å². The fourth-order valence-electron chi connectivity index (χ4n) is 1.81. The zero-order chi connectivity index (χ0) is 16.4. The molecule has 0 aliphatic carbocycles. The smallest absolute Gasteiger partial charge is 0.337 e. The number of anilines is 1. The third-order valence-corrected chi connectivity index (χ3v) is 4.25. The Morgan fingerprint density at radius 1 is 1.32 bits per heavy atom. The SMILES string of the molecule is COc1cccc(N2C(=O)/C(=N\C(Br)=C(Cl)Cl)N(C)C2=O)c1. The van der Waals surface area contributed by atoms with E-state index in [-0.39, 0.29) is 14.9 Å². The van der Waals surface area contributed by atoms with E-state index in [0.717, 1.165) is 9.80 Å². The normalized spacial score (nSPS) is 16.5. The van der Waals surface area contributed by atoms with Crippen molar-refractivity contribution in [2.75, 3.05) is 19.1 Å². The Balaban J connectivity index is 2.45. The number of imide groups is 1. The molecule has 0 N–H and O–H groups in total. The summed E-state index contributed by atoms with van der Waals surface area (Å²) in [4.78, 5) is 30.8. The molecule has 0 radical (unpaired) electrons. The summed E-state index contributed by atoms with van der Waals surface area (Å²) in [6, 6.07) is 6.04. The van der Waals surface area contributed by atoms with Crippen LogP contribution in [0.25, 0.3) is 0 Å². The van der Waals surface area contributed by atoms with Gasteiger partial charge in [0.25, 0.3) is 0 Å². The number of carbonyl (C=O) groups is 2. The average molecular weight is 407 g/mol. The molecule has 1 aromatic carbocycles. The molecule has 0 atom stereocenters. The maximum absolute atomic E-state index is 12.4. The van der Waals surface area contributed by atoms with E-state index in [2.05, 4.69) is 20.9 Å². The number of urea groups is 1. The predicted molar refractivity (Wildman–Crippen MR) is 88.7 cm³/mol. The quantitative estimate of drug-likeness (QED) is 0.570. The number of likely N-dealkylation sites (N-methyl/N-ethyl adjacent to an activating group) is 1. The fourth-order valence-corrected chi connectivity index (χ4v) is 2.06. The predicted octanol–water partition coefficient (Wildman–Crippen LogP) is 3.49. The first kappa shape index (κ1) is 16.8. The van der Waals surface area contributed by atoms with Crippen molar-refractivity contribution >= 4 is 62.6 Å². The van der Waals surface area contributed by atoms with Crippen LogP contribution in [0.3, 0.4) is 0 Å². The Morgan fingerprint density at radius 3 is 2.59 bits per heavy atom. The van der Waals surface area contributed by atoms with Crippen LogP contribution in [-0.4, -0.2) is 36.8 Å². The van der Waals surface area contributed by atoms with Crippen LogP contribution < -0.4 is 9.64 Å². The first-order valence-corrected chi connectivity index (χ1v) is 7.47. The molecule has 0 unspecified atom stereocenters. The number of rotatable bonds is 3.